The van der Waals surface area contributed by atoms with Crippen LogP contribution in [0.4, 0.5) is 11.5 Å². The number of carbonyl (C=O) groups excluding carboxylic acids is 1. The van der Waals surface area contributed by atoms with Crippen molar-refractivity contribution in [2.24, 2.45) is 0 Å². The van der Waals surface area contributed by atoms with E-state index in [1.165, 1.54) is 7.11 Å². The number of hydrogen-bond donors (Lipinski definition) is 2. The Morgan fingerprint density at radius 3 is 3.00 bits per heavy atom. The van der Waals surface area contributed by atoms with Crippen molar-refractivity contribution in [3.05, 3.63) is 17.8 Å². The molecule has 1 aromatic rings. The molecule has 2 heterocycles. The molecule has 1 atom stereocenters. The predicted molar refractivity (Wildman–Crippen MR) is 76.7 cm³/mol. The van der Waals surface area contributed by atoms with Gasteiger partial charge in [0, 0.05) is 18.8 Å². The zero-order chi connectivity index (χ0) is 14.8. The van der Waals surface area contributed by atoms with Crippen molar-refractivity contribution >= 4 is 17.5 Å². The maximum atomic E-state index is 11.6. The Bertz CT molecular complexity index is 502. The number of rotatable bonds is 3. The molecule has 1 aliphatic heterocycles. The van der Waals surface area contributed by atoms with Gasteiger partial charge in [0.2, 0.25) is 0 Å². The van der Waals surface area contributed by atoms with Crippen molar-refractivity contribution in [1.82, 2.24) is 4.98 Å². The molecule has 0 aromatic carbocycles. The fraction of sp³-hybridized carbons (Fsp3) is 0.571. The Kier molecular flexibility index (Phi) is 4.13. The molecule has 1 fully saturated rings. The summed E-state index contributed by atoms with van der Waals surface area (Å²) in [5.74, 6) is 0.0656. The van der Waals surface area contributed by atoms with Gasteiger partial charge in [0.15, 0.2) is 0 Å². The number of anilines is 2. The average molecular weight is 279 g/mol. The molecule has 20 heavy (non-hydrogen) atoms. The molecule has 0 aliphatic carbocycles. The van der Waals surface area contributed by atoms with Crippen LogP contribution in [0.2, 0.25) is 0 Å². The van der Waals surface area contributed by atoms with Crippen LogP contribution in [0.5, 0.6) is 0 Å². The predicted octanol–water partition coefficient (Wildman–Crippen LogP) is 1.82. The molecule has 3 N–H and O–H groups in total. The third-order valence-corrected chi connectivity index (χ3v) is 3.43. The molecule has 6 heteroatoms. The number of nitrogen functional groups attached to an aromatic ring is 1. The second-order valence-corrected chi connectivity index (χ2v) is 5.55. The first-order chi connectivity index (χ1) is 9.43. The molecule has 1 aliphatic rings. The Morgan fingerprint density at radius 1 is 1.60 bits per heavy atom. The Labute approximate surface area is 118 Å². The van der Waals surface area contributed by atoms with E-state index in [2.05, 4.69) is 24.1 Å². The lowest BCUT2D eigenvalue weighted by Gasteiger charge is -2.36. The van der Waals surface area contributed by atoms with Gasteiger partial charge in [0.05, 0.1) is 24.0 Å². The van der Waals surface area contributed by atoms with Crippen LogP contribution < -0.4 is 11.1 Å². The zero-order valence-electron chi connectivity index (χ0n) is 12.1. The quantitative estimate of drug-likeness (QED) is 0.821. The van der Waals surface area contributed by atoms with Gasteiger partial charge in [-0.2, -0.15) is 0 Å². The molecule has 2 rings (SSSR count). The summed E-state index contributed by atoms with van der Waals surface area (Å²) in [7, 11) is 1.33. The first-order valence-corrected chi connectivity index (χ1v) is 6.66. The minimum absolute atomic E-state index is 0.162. The number of pyridine rings is 1. The van der Waals surface area contributed by atoms with Gasteiger partial charge in [-0.15, -0.1) is 0 Å². The van der Waals surface area contributed by atoms with Gasteiger partial charge in [-0.3, -0.25) is 0 Å². The SMILES string of the molecule is COC(=O)c1ccnc(NC2CCOC(C)(C)C2)c1N. The molecule has 0 saturated carbocycles. The van der Waals surface area contributed by atoms with Crippen LogP contribution in [0.15, 0.2) is 12.3 Å². The van der Waals surface area contributed by atoms with Crippen molar-refractivity contribution in [2.45, 2.75) is 38.3 Å². The molecule has 110 valence electrons. The van der Waals surface area contributed by atoms with E-state index < -0.39 is 5.97 Å². The van der Waals surface area contributed by atoms with Crippen LogP contribution in [0.3, 0.4) is 0 Å². The number of nitrogens with one attached hydrogen (secondary N) is 1. The van der Waals surface area contributed by atoms with E-state index in [1.54, 1.807) is 12.3 Å². The molecular weight excluding hydrogens is 258 g/mol. The molecule has 1 aromatic heterocycles. The summed E-state index contributed by atoms with van der Waals surface area (Å²) in [5, 5.41) is 3.30. The van der Waals surface area contributed by atoms with Crippen molar-refractivity contribution in [3.8, 4) is 0 Å². The van der Waals surface area contributed by atoms with Gasteiger partial charge in [-0.1, -0.05) is 0 Å². The first kappa shape index (κ1) is 14.6. The van der Waals surface area contributed by atoms with E-state index in [9.17, 15) is 4.79 Å². The maximum absolute atomic E-state index is 11.6. The van der Waals surface area contributed by atoms with Crippen LogP contribution in [-0.4, -0.2) is 36.3 Å². The molecule has 1 saturated heterocycles. The topological polar surface area (TPSA) is 86.5 Å². The van der Waals surface area contributed by atoms with Gasteiger partial charge >= 0.3 is 5.97 Å². The first-order valence-electron chi connectivity index (χ1n) is 6.66. The highest BCUT2D eigenvalue weighted by atomic mass is 16.5. The molecule has 0 radical (unpaired) electrons. The highest BCUT2D eigenvalue weighted by Gasteiger charge is 2.29. The van der Waals surface area contributed by atoms with E-state index in [0.29, 0.717) is 23.7 Å². The minimum Gasteiger partial charge on any atom is -0.465 e. The summed E-state index contributed by atoms with van der Waals surface area (Å²) < 4.78 is 10.4. The number of nitrogens with two attached hydrogens (primary N) is 1. The second kappa shape index (κ2) is 5.66. The summed E-state index contributed by atoms with van der Waals surface area (Å²) in [4.78, 5) is 15.8. The third kappa shape index (κ3) is 3.19. The molecule has 0 amide bonds. The molecule has 6 nitrogen and oxygen atoms in total. The Balaban J connectivity index is 2.15. The number of esters is 1. The summed E-state index contributed by atoms with van der Waals surface area (Å²) in [5.41, 5.74) is 6.48. The number of hydrogen-bond acceptors (Lipinski definition) is 6. The fourth-order valence-electron chi connectivity index (χ4n) is 2.42. The molecule has 0 spiro atoms. The summed E-state index contributed by atoms with van der Waals surface area (Å²) in [6.07, 6.45) is 3.29. The smallest absolute Gasteiger partial charge is 0.340 e. The van der Waals surface area contributed by atoms with Gasteiger partial charge in [0.25, 0.3) is 0 Å². The van der Waals surface area contributed by atoms with Crippen molar-refractivity contribution in [2.75, 3.05) is 24.8 Å². The van der Waals surface area contributed by atoms with Gasteiger partial charge in [0.1, 0.15) is 5.82 Å². The van der Waals surface area contributed by atoms with Crippen LogP contribution in [0.25, 0.3) is 0 Å². The van der Waals surface area contributed by atoms with Gasteiger partial charge in [-0.25, -0.2) is 9.78 Å². The number of carbonyl (C=O) groups is 1. The van der Waals surface area contributed by atoms with Crippen molar-refractivity contribution < 1.29 is 14.3 Å². The van der Waals surface area contributed by atoms with E-state index in [1.807, 2.05) is 0 Å². The number of aromatic nitrogens is 1. The largest absolute Gasteiger partial charge is 0.465 e. The molecule has 1 unspecified atom stereocenters. The van der Waals surface area contributed by atoms with Crippen molar-refractivity contribution in [1.29, 1.82) is 0 Å². The molecular formula is C14H21N3O3. The lowest BCUT2D eigenvalue weighted by molar-refractivity contribution is -0.0553. The van der Waals surface area contributed by atoms with E-state index in [4.69, 9.17) is 15.2 Å². The van der Waals surface area contributed by atoms with Crippen LogP contribution >= 0.6 is 0 Å². The summed E-state index contributed by atoms with van der Waals surface area (Å²) in [6, 6.07) is 1.78. The maximum Gasteiger partial charge on any atom is 0.340 e. The Morgan fingerprint density at radius 2 is 2.35 bits per heavy atom. The lowest BCUT2D eigenvalue weighted by atomic mass is 9.94. The van der Waals surface area contributed by atoms with E-state index in [0.717, 1.165) is 12.8 Å². The number of methoxy groups -OCH3 is 1. The van der Waals surface area contributed by atoms with Crippen molar-refractivity contribution in [3.63, 3.8) is 0 Å². The minimum atomic E-state index is -0.458. The monoisotopic (exact) mass is 279 g/mol. The summed E-state index contributed by atoms with van der Waals surface area (Å²) in [6.45, 7) is 4.81. The lowest BCUT2D eigenvalue weighted by Crippen LogP contribution is -2.40. The zero-order valence-corrected chi connectivity index (χ0v) is 12.1. The number of ether oxygens (including phenoxy) is 2. The highest BCUT2D eigenvalue weighted by molar-refractivity contribution is 5.97. The van der Waals surface area contributed by atoms with Crippen LogP contribution in [0, 0.1) is 0 Å². The van der Waals surface area contributed by atoms with E-state index >= 15 is 0 Å². The fourth-order valence-corrected chi connectivity index (χ4v) is 2.42. The van der Waals surface area contributed by atoms with Crippen LogP contribution in [0.1, 0.15) is 37.0 Å². The van der Waals surface area contributed by atoms with Crippen LogP contribution in [-0.2, 0) is 9.47 Å². The summed E-state index contributed by atoms with van der Waals surface area (Å²) >= 11 is 0. The van der Waals surface area contributed by atoms with Gasteiger partial charge < -0.3 is 20.5 Å². The standard InChI is InChI=1S/C14H21N3O3/c1-14(2)8-9(5-7-20-14)17-12-11(15)10(4-6-16-12)13(18)19-3/h4,6,9H,5,7-8,15H2,1-3H3,(H,16,17). The van der Waals surface area contributed by atoms with E-state index in [-0.39, 0.29) is 11.6 Å². The highest BCUT2D eigenvalue weighted by Crippen LogP contribution is 2.28. The Hall–Kier alpha value is -1.82. The third-order valence-electron chi connectivity index (χ3n) is 3.43. The second-order valence-electron chi connectivity index (χ2n) is 5.55. The van der Waals surface area contributed by atoms with Gasteiger partial charge in [-0.05, 0) is 32.8 Å². The normalized spacial score (nSPS) is 21.2. The molecule has 0 bridgehead atoms. The average Bonchev–Trinajstić information content (AvgIpc) is 2.39. The number of nitrogens with zero attached hydrogens (tertiary/aromatic N) is 1.